The van der Waals surface area contributed by atoms with E-state index in [-0.39, 0.29) is 11.9 Å². The van der Waals surface area contributed by atoms with Gasteiger partial charge in [0, 0.05) is 24.5 Å². The van der Waals surface area contributed by atoms with Crippen LogP contribution in [0.3, 0.4) is 0 Å². The average molecular weight is 341 g/mol. The number of nitrogens with zero attached hydrogens (tertiary/aromatic N) is 1. The van der Waals surface area contributed by atoms with E-state index in [1.165, 1.54) is 0 Å². The minimum Gasteiger partial charge on any atom is -0.353 e. The molecule has 1 aliphatic heterocycles. The van der Waals surface area contributed by atoms with Crippen LogP contribution in [0.1, 0.15) is 16.5 Å². The van der Waals surface area contributed by atoms with Gasteiger partial charge in [0.2, 0.25) is 5.91 Å². The first-order valence-electron chi connectivity index (χ1n) is 6.64. The van der Waals surface area contributed by atoms with E-state index in [2.05, 4.69) is 10.2 Å². The summed E-state index contributed by atoms with van der Waals surface area (Å²) in [4.78, 5) is 15.5. The van der Waals surface area contributed by atoms with Crippen LogP contribution < -0.4 is 5.32 Å². The molecule has 1 fully saturated rings. The quantitative estimate of drug-likeness (QED) is 0.923. The van der Waals surface area contributed by atoms with Crippen molar-refractivity contribution in [2.75, 3.05) is 13.1 Å². The van der Waals surface area contributed by atoms with Gasteiger partial charge in [-0.1, -0.05) is 35.3 Å². The predicted octanol–water partition coefficient (Wildman–Crippen LogP) is 3.73. The molecule has 2 heterocycles. The number of hydrogen-bond acceptors (Lipinski definition) is 3. The summed E-state index contributed by atoms with van der Waals surface area (Å²) in [6, 6.07) is 9.35. The highest BCUT2D eigenvalue weighted by Crippen LogP contribution is 2.30. The second kappa shape index (κ2) is 6.36. The molecule has 0 bridgehead atoms. The lowest BCUT2D eigenvalue weighted by Crippen LogP contribution is -2.49. The van der Waals surface area contributed by atoms with Gasteiger partial charge in [0.15, 0.2) is 0 Å². The fourth-order valence-electron chi connectivity index (χ4n) is 2.51. The van der Waals surface area contributed by atoms with Crippen LogP contribution in [-0.2, 0) is 11.3 Å². The number of rotatable bonds is 3. The molecule has 1 amide bonds. The standard InChI is InChI=1S/C15H14Cl2N2OS/c16-11-4-3-10(8-12(11)17)9-19-6-5-18-15(20)14(19)13-2-1-7-21-13/h1-4,7-8,14H,5-6,9H2,(H,18,20). The maximum atomic E-state index is 12.2. The van der Waals surface area contributed by atoms with Gasteiger partial charge in [-0.25, -0.2) is 0 Å². The van der Waals surface area contributed by atoms with Crippen molar-refractivity contribution >= 4 is 40.4 Å². The molecular formula is C15H14Cl2N2OS. The van der Waals surface area contributed by atoms with Crippen LogP contribution >= 0.6 is 34.5 Å². The van der Waals surface area contributed by atoms with Gasteiger partial charge in [-0.3, -0.25) is 9.69 Å². The Bertz CT molecular complexity index is 645. The van der Waals surface area contributed by atoms with Crippen LogP contribution in [0.2, 0.25) is 10.0 Å². The van der Waals surface area contributed by atoms with Gasteiger partial charge in [0.25, 0.3) is 0 Å². The van der Waals surface area contributed by atoms with Crippen LogP contribution in [0.5, 0.6) is 0 Å². The van der Waals surface area contributed by atoms with Crippen molar-refractivity contribution < 1.29 is 4.79 Å². The molecular weight excluding hydrogens is 327 g/mol. The van der Waals surface area contributed by atoms with Gasteiger partial charge in [0.1, 0.15) is 6.04 Å². The third-order valence-corrected chi connectivity index (χ3v) is 5.16. The van der Waals surface area contributed by atoms with Gasteiger partial charge in [0.05, 0.1) is 10.0 Å². The maximum absolute atomic E-state index is 12.2. The number of halogens is 2. The second-order valence-corrected chi connectivity index (χ2v) is 6.72. The fraction of sp³-hybridized carbons (Fsp3) is 0.267. The number of benzene rings is 1. The Balaban J connectivity index is 1.84. The van der Waals surface area contributed by atoms with Gasteiger partial charge in [-0.15, -0.1) is 11.3 Å². The number of carbonyl (C=O) groups is 1. The average Bonchev–Trinajstić information content (AvgIpc) is 2.97. The molecule has 6 heteroatoms. The Morgan fingerprint density at radius 1 is 1.29 bits per heavy atom. The number of thiophene rings is 1. The second-order valence-electron chi connectivity index (χ2n) is 4.93. The molecule has 1 aromatic carbocycles. The molecule has 1 N–H and O–H groups in total. The highest BCUT2D eigenvalue weighted by molar-refractivity contribution is 7.10. The zero-order chi connectivity index (χ0) is 14.8. The molecule has 21 heavy (non-hydrogen) atoms. The Hall–Kier alpha value is -1.07. The topological polar surface area (TPSA) is 32.3 Å². The van der Waals surface area contributed by atoms with Crippen LogP contribution in [0.4, 0.5) is 0 Å². The lowest BCUT2D eigenvalue weighted by molar-refractivity contribution is -0.129. The molecule has 1 aromatic heterocycles. The first-order chi connectivity index (χ1) is 10.1. The molecule has 0 aliphatic carbocycles. The Morgan fingerprint density at radius 3 is 2.86 bits per heavy atom. The number of amides is 1. The summed E-state index contributed by atoms with van der Waals surface area (Å²) in [7, 11) is 0. The largest absolute Gasteiger partial charge is 0.353 e. The smallest absolute Gasteiger partial charge is 0.242 e. The highest BCUT2D eigenvalue weighted by atomic mass is 35.5. The summed E-state index contributed by atoms with van der Waals surface area (Å²) in [6.07, 6.45) is 0. The van der Waals surface area contributed by atoms with Gasteiger partial charge in [-0.05, 0) is 29.1 Å². The van der Waals surface area contributed by atoms with E-state index in [0.29, 0.717) is 23.1 Å². The molecule has 110 valence electrons. The number of hydrogen-bond donors (Lipinski definition) is 1. The summed E-state index contributed by atoms with van der Waals surface area (Å²) in [5, 5.41) is 6.02. The summed E-state index contributed by atoms with van der Waals surface area (Å²) in [5.74, 6) is 0.0590. The number of piperazine rings is 1. The molecule has 2 aromatic rings. The third-order valence-electron chi connectivity index (χ3n) is 3.49. The number of nitrogens with one attached hydrogen (secondary N) is 1. The van der Waals surface area contributed by atoms with E-state index in [1.54, 1.807) is 17.4 Å². The van der Waals surface area contributed by atoms with Crippen LogP contribution in [0.15, 0.2) is 35.7 Å². The lowest BCUT2D eigenvalue weighted by atomic mass is 10.1. The molecule has 1 atom stereocenters. The van der Waals surface area contributed by atoms with Crippen molar-refractivity contribution in [3.05, 3.63) is 56.2 Å². The van der Waals surface area contributed by atoms with Crippen molar-refractivity contribution in [2.24, 2.45) is 0 Å². The molecule has 3 rings (SSSR count). The third kappa shape index (κ3) is 3.24. The fourth-order valence-corrected chi connectivity index (χ4v) is 3.69. The zero-order valence-electron chi connectivity index (χ0n) is 11.2. The van der Waals surface area contributed by atoms with Crippen molar-refractivity contribution in [1.29, 1.82) is 0 Å². The van der Waals surface area contributed by atoms with E-state index >= 15 is 0 Å². The van der Waals surface area contributed by atoms with Crippen molar-refractivity contribution in [1.82, 2.24) is 10.2 Å². The summed E-state index contributed by atoms with van der Waals surface area (Å²) in [6.45, 7) is 2.16. The summed E-state index contributed by atoms with van der Waals surface area (Å²) >= 11 is 13.6. The number of carbonyl (C=O) groups excluding carboxylic acids is 1. The van der Waals surface area contributed by atoms with Gasteiger partial charge < -0.3 is 5.32 Å². The van der Waals surface area contributed by atoms with E-state index in [4.69, 9.17) is 23.2 Å². The van der Waals surface area contributed by atoms with Crippen LogP contribution in [0, 0.1) is 0 Å². The SMILES string of the molecule is O=C1NCCN(Cc2ccc(Cl)c(Cl)c2)C1c1cccs1. The Kier molecular flexibility index (Phi) is 4.50. The molecule has 1 aliphatic rings. The van der Waals surface area contributed by atoms with Crippen molar-refractivity contribution in [3.63, 3.8) is 0 Å². The van der Waals surface area contributed by atoms with Crippen LogP contribution in [0.25, 0.3) is 0 Å². The highest BCUT2D eigenvalue weighted by Gasteiger charge is 2.31. The van der Waals surface area contributed by atoms with Crippen LogP contribution in [-0.4, -0.2) is 23.9 Å². The van der Waals surface area contributed by atoms with Crippen molar-refractivity contribution in [2.45, 2.75) is 12.6 Å². The monoisotopic (exact) mass is 340 g/mol. The van der Waals surface area contributed by atoms with E-state index in [1.807, 2.05) is 29.6 Å². The van der Waals surface area contributed by atoms with Crippen molar-refractivity contribution in [3.8, 4) is 0 Å². The molecule has 3 nitrogen and oxygen atoms in total. The van der Waals surface area contributed by atoms with Gasteiger partial charge in [-0.2, -0.15) is 0 Å². The maximum Gasteiger partial charge on any atom is 0.242 e. The Labute approximate surface area is 137 Å². The summed E-state index contributed by atoms with van der Waals surface area (Å²) < 4.78 is 0. The lowest BCUT2D eigenvalue weighted by Gasteiger charge is -2.34. The molecule has 1 unspecified atom stereocenters. The molecule has 0 spiro atoms. The minimum atomic E-state index is -0.229. The Morgan fingerprint density at radius 2 is 2.14 bits per heavy atom. The molecule has 0 radical (unpaired) electrons. The van der Waals surface area contributed by atoms with E-state index < -0.39 is 0 Å². The summed E-state index contributed by atoms with van der Waals surface area (Å²) in [5.41, 5.74) is 1.06. The zero-order valence-corrected chi connectivity index (χ0v) is 13.5. The van der Waals surface area contributed by atoms with Gasteiger partial charge >= 0.3 is 0 Å². The van der Waals surface area contributed by atoms with E-state index in [0.717, 1.165) is 17.0 Å². The normalized spacial score (nSPS) is 19.5. The first-order valence-corrected chi connectivity index (χ1v) is 8.28. The molecule has 0 saturated carbocycles. The predicted molar refractivity (Wildman–Crippen MR) is 86.9 cm³/mol. The first kappa shape index (κ1) is 14.9. The van der Waals surface area contributed by atoms with E-state index in [9.17, 15) is 4.79 Å². The minimum absolute atomic E-state index is 0.0590. The molecule has 1 saturated heterocycles.